The number of hydrogen-bond acceptors (Lipinski definition) is 12. The van der Waals surface area contributed by atoms with E-state index in [0.717, 1.165) is 36.0 Å². The quantitative estimate of drug-likeness (QED) is 0.0553. The van der Waals surface area contributed by atoms with Crippen LogP contribution in [0.25, 0.3) is 0 Å². The summed E-state index contributed by atoms with van der Waals surface area (Å²) in [7, 11) is 0. The van der Waals surface area contributed by atoms with Gasteiger partial charge >= 0.3 is 24.4 Å². The van der Waals surface area contributed by atoms with Gasteiger partial charge in [-0.1, -0.05) is 91.8 Å². The van der Waals surface area contributed by atoms with Crippen LogP contribution in [-0.4, -0.2) is 83.5 Å². The van der Waals surface area contributed by atoms with Gasteiger partial charge in [0.25, 0.3) is 0 Å². The zero-order chi connectivity index (χ0) is 65.4. The third-order valence-corrected chi connectivity index (χ3v) is 12.8. The molecule has 0 bridgehead atoms. The summed E-state index contributed by atoms with van der Waals surface area (Å²) >= 11 is 0. The monoisotopic (exact) mass is 1190 g/mol. The lowest BCUT2D eigenvalue weighted by Crippen LogP contribution is -2.59. The van der Waals surface area contributed by atoms with Gasteiger partial charge in [-0.2, -0.15) is 0 Å². The Balaban J connectivity index is 0.000000570. The standard InChI is InChI=1S/C20H32N2O3.C16H30N2O3.C15H22N2O3.C14H20N2O3/c1-13(2)17(23)21-19(5,6)15-10-9-11-16(12-15)20(7,8)22-18(24)25-14(3)4;1-11(2)13(19)17-15(5)8-7-9-16(6,10-15)18-14(20)21-12(3)4;1-9(2)14(18)16-12-7-6-11(5)13(8-12)17-15(19)20-10(3)4;1-9(2)13(17)15-11-6-5-7-12(8-11)16-14(18)19-10(3)4/h9-14H,1-8H3,(H,21,23)(H,22,24);11-12H,7-10H2,1-6H3,(H,17,19)(H,18,20);6-10H,1-5H3,(H,16,18)(H,17,19);5-10H,1-4H3,(H,15,17)(H,16,18). The van der Waals surface area contributed by atoms with E-state index in [1.807, 2.05) is 155 Å². The topological polar surface area (TPSA) is 270 Å². The number of carbonyl (C=O) groups is 8. The third kappa shape index (κ3) is 29.8. The molecule has 1 saturated carbocycles. The van der Waals surface area contributed by atoms with E-state index in [2.05, 4.69) is 49.5 Å². The molecule has 0 spiro atoms. The number of alkyl carbamates (subject to hydrolysis) is 2. The van der Waals surface area contributed by atoms with E-state index in [0.29, 0.717) is 29.2 Å². The number of benzene rings is 3. The molecule has 0 heterocycles. The average Bonchev–Trinajstić information content (AvgIpc) is 3.35. The van der Waals surface area contributed by atoms with Crippen LogP contribution in [0.1, 0.15) is 195 Å². The fraction of sp³-hybridized carbons (Fsp3) is 0.600. The summed E-state index contributed by atoms with van der Waals surface area (Å²) in [5.74, 6) is -0.368. The molecule has 3 aromatic rings. The van der Waals surface area contributed by atoms with E-state index in [1.165, 1.54) is 0 Å². The van der Waals surface area contributed by atoms with Crippen molar-refractivity contribution in [1.29, 1.82) is 0 Å². The number of amides is 8. The van der Waals surface area contributed by atoms with Crippen molar-refractivity contribution >= 4 is 70.8 Å². The molecule has 4 rings (SSSR count). The summed E-state index contributed by atoms with van der Waals surface area (Å²) in [5.41, 5.74) is 3.57. The van der Waals surface area contributed by atoms with E-state index in [4.69, 9.17) is 18.9 Å². The number of carbonyl (C=O) groups excluding carboxylic acids is 8. The van der Waals surface area contributed by atoms with E-state index >= 15 is 0 Å². The van der Waals surface area contributed by atoms with Crippen molar-refractivity contribution in [2.45, 2.75) is 232 Å². The molecule has 2 unspecified atom stereocenters. The molecular formula is C65H104N8O12. The fourth-order valence-electron chi connectivity index (χ4n) is 8.24. The molecule has 20 heteroatoms. The highest BCUT2D eigenvalue weighted by Crippen LogP contribution is 2.36. The molecule has 20 nitrogen and oxygen atoms in total. The Morgan fingerprint density at radius 1 is 0.424 bits per heavy atom. The summed E-state index contributed by atoms with van der Waals surface area (Å²) in [5, 5.41) is 22.9. The van der Waals surface area contributed by atoms with Crippen LogP contribution in [0.15, 0.2) is 66.7 Å². The van der Waals surface area contributed by atoms with Gasteiger partial charge in [0.05, 0.1) is 35.5 Å². The molecule has 3 aromatic carbocycles. The summed E-state index contributed by atoms with van der Waals surface area (Å²) in [6.07, 6.45) is 0.996. The van der Waals surface area contributed by atoms with Gasteiger partial charge in [-0.25, -0.2) is 19.2 Å². The van der Waals surface area contributed by atoms with Crippen LogP contribution >= 0.6 is 0 Å². The number of hydrogen-bond donors (Lipinski definition) is 8. The van der Waals surface area contributed by atoms with Gasteiger partial charge in [-0.3, -0.25) is 29.8 Å². The highest BCUT2D eigenvalue weighted by Gasteiger charge is 2.42. The van der Waals surface area contributed by atoms with Crippen LogP contribution in [0.3, 0.4) is 0 Å². The Bertz CT molecular complexity index is 2680. The molecule has 85 heavy (non-hydrogen) atoms. The lowest BCUT2D eigenvalue weighted by molar-refractivity contribution is -0.127. The smallest absolute Gasteiger partial charge is 0.411 e. The Morgan fingerprint density at radius 2 is 0.812 bits per heavy atom. The van der Waals surface area contributed by atoms with Crippen molar-refractivity contribution in [2.24, 2.45) is 23.7 Å². The van der Waals surface area contributed by atoms with Crippen molar-refractivity contribution in [2.75, 3.05) is 21.3 Å². The van der Waals surface area contributed by atoms with Crippen molar-refractivity contribution in [3.05, 3.63) is 83.4 Å². The molecule has 0 saturated heterocycles. The molecular weight excluding hydrogens is 1080 g/mol. The lowest BCUT2D eigenvalue weighted by Gasteiger charge is -2.45. The molecule has 1 aliphatic rings. The molecule has 8 N–H and O–H groups in total. The van der Waals surface area contributed by atoms with Gasteiger partial charge in [0.1, 0.15) is 0 Å². The van der Waals surface area contributed by atoms with Crippen LogP contribution < -0.4 is 42.5 Å². The summed E-state index contributed by atoms with van der Waals surface area (Å²) in [6, 6.07) is 20.2. The van der Waals surface area contributed by atoms with Crippen molar-refractivity contribution in [1.82, 2.24) is 21.3 Å². The van der Waals surface area contributed by atoms with Gasteiger partial charge in [-0.15, -0.1) is 0 Å². The molecule has 0 aromatic heterocycles. The summed E-state index contributed by atoms with van der Waals surface area (Å²) in [4.78, 5) is 94.1. The first-order chi connectivity index (χ1) is 39.1. The number of anilines is 4. The number of rotatable bonds is 18. The molecule has 2 atom stereocenters. The van der Waals surface area contributed by atoms with Crippen LogP contribution in [0.2, 0.25) is 0 Å². The number of aryl methyl sites for hydroxylation is 1. The van der Waals surface area contributed by atoms with Gasteiger partial charge in [0, 0.05) is 57.5 Å². The number of ether oxygens (including phenoxy) is 4. The first kappa shape index (κ1) is 75.6. The maximum atomic E-state index is 12.1. The minimum absolute atomic E-state index is 0.00768. The van der Waals surface area contributed by atoms with E-state index in [1.54, 1.807) is 64.1 Å². The molecule has 0 aliphatic heterocycles. The predicted molar refractivity (Wildman–Crippen MR) is 338 cm³/mol. The Hall–Kier alpha value is -7.38. The molecule has 8 amide bonds. The maximum absolute atomic E-state index is 12.1. The predicted octanol–water partition coefficient (Wildman–Crippen LogP) is 13.8. The minimum atomic E-state index is -0.597. The van der Waals surface area contributed by atoms with Crippen molar-refractivity contribution in [3.63, 3.8) is 0 Å². The highest BCUT2D eigenvalue weighted by molar-refractivity contribution is 5.94. The lowest BCUT2D eigenvalue weighted by atomic mass is 9.72. The minimum Gasteiger partial charge on any atom is -0.447 e. The zero-order valence-electron chi connectivity index (χ0n) is 55.2. The first-order valence-electron chi connectivity index (χ1n) is 29.6. The van der Waals surface area contributed by atoms with Crippen molar-refractivity contribution < 1.29 is 57.3 Å². The summed E-state index contributed by atoms with van der Waals surface area (Å²) < 4.78 is 20.4. The molecule has 1 aliphatic carbocycles. The van der Waals surface area contributed by atoms with E-state index in [-0.39, 0.29) is 88.9 Å². The van der Waals surface area contributed by atoms with Gasteiger partial charge in [0.15, 0.2) is 0 Å². The zero-order valence-corrected chi connectivity index (χ0v) is 55.2. The van der Waals surface area contributed by atoms with Gasteiger partial charge in [-0.05, 0) is 177 Å². The summed E-state index contributed by atoms with van der Waals surface area (Å²) in [6.45, 7) is 42.9. The van der Waals surface area contributed by atoms with Gasteiger partial charge < -0.3 is 50.8 Å². The second kappa shape index (κ2) is 34.5. The first-order valence-corrected chi connectivity index (χ1v) is 29.6. The normalized spacial score (nSPS) is 15.7. The van der Waals surface area contributed by atoms with Crippen LogP contribution in [0.5, 0.6) is 0 Å². The van der Waals surface area contributed by atoms with Crippen LogP contribution in [0.4, 0.5) is 41.9 Å². The van der Waals surface area contributed by atoms with E-state index < -0.39 is 29.4 Å². The number of nitrogens with one attached hydrogen (secondary N) is 8. The molecule has 1 fully saturated rings. The van der Waals surface area contributed by atoms with Gasteiger partial charge in [0.2, 0.25) is 23.6 Å². The van der Waals surface area contributed by atoms with Crippen LogP contribution in [-0.2, 0) is 49.2 Å². The Morgan fingerprint density at radius 3 is 1.27 bits per heavy atom. The third-order valence-electron chi connectivity index (χ3n) is 12.8. The van der Waals surface area contributed by atoms with E-state index in [9.17, 15) is 38.4 Å². The van der Waals surface area contributed by atoms with Crippen LogP contribution in [0, 0.1) is 30.6 Å². The second-order valence-electron chi connectivity index (χ2n) is 25.5. The highest BCUT2D eigenvalue weighted by atomic mass is 16.6. The Kier molecular flexibility index (Phi) is 30.7. The second-order valence-corrected chi connectivity index (χ2v) is 25.5. The Labute approximate surface area is 507 Å². The molecule has 0 radical (unpaired) electrons. The van der Waals surface area contributed by atoms with Crippen molar-refractivity contribution in [3.8, 4) is 0 Å². The SMILES string of the molecule is CC(C)OC(=O)NC(C)(C)c1cccc(C(C)(C)NC(=O)C(C)C)c1.CC(C)OC(=O)NC1(C)CCCC(C)(NC(=O)C(C)C)C1.CC(C)OC(=O)Nc1cccc(NC(=O)C(C)C)c1.Cc1ccc(NC(=O)C(C)C)cc1NC(=O)OC(C)C. The maximum Gasteiger partial charge on any atom is 0.411 e. The molecule has 476 valence electrons. The average molecular weight is 1190 g/mol. The largest absolute Gasteiger partial charge is 0.447 e. The fourth-order valence-corrected chi connectivity index (χ4v) is 8.24.